The third kappa shape index (κ3) is 17.0. The van der Waals surface area contributed by atoms with E-state index in [1.807, 2.05) is 42.1 Å². The molecule has 21 heteroatoms. The molecule has 1 amide bonds. The van der Waals surface area contributed by atoms with E-state index < -0.39 is 11.8 Å². The summed E-state index contributed by atoms with van der Waals surface area (Å²) in [6, 6.07) is 16.9. The van der Waals surface area contributed by atoms with E-state index in [-0.39, 0.29) is 18.3 Å². The van der Waals surface area contributed by atoms with Crippen LogP contribution < -0.4 is 34.9 Å². The Hall–Kier alpha value is -6.00. The fourth-order valence-electron chi connectivity index (χ4n) is 8.26. The SMILES string of the molecule is CN(C)CC(=O)O.COc1cc2c(Nc3ccc(Br)cc3F)ncnc2cc1OCCC1CCN(C(=O)CN(C)C)CC1.COc1cc2c(Nc3ccc(Br)cc3F)ncnc2cc1OCCC1CCNCC1. The van der Waals surface area contributed by atoms with Crippen molar-refractivity contribution in [2.75, 3.05) is 106 Å². The lowest BCUT2D eigenvalue weighted by atomic mass is 9.94. The number of likely N-dealkylation sites (N-methyl/N-ethyl adjacent to an activating group) is 2. The number of benzene rings is 4. The van der Waals surface area contributed by atoms with Crippen LogP contribution in [0, 0.1) is 23.5 Å². The number of aromatic nitrogens is 4. The molecule has 0 unspecified atom stereocenters. The second-order valence-corrected chi connectivity index (χ2v) is 20.0. The molecule has 0 bridgehead atoms. The fourth-order valence-corrected chi connectivity index (χ4v) is 8.93. The number of nitrogens with zero attached hydrogens (tertiary/aromatic N) is 7. The number of carboxylic acid groups (broad SMARTS) is 1. The molecule has 73 heavy (non-hydrogen) atoms. The van der Waals surface area contributed by atoms with Crippen molar-refractivity contribution in [3.8, 4) is 23.0 Å². The Bertz CT molecular complexity index is 2780. The first-order valence-corrected chi connectivity index (χ1v) is 25.5. The fraction of sp³-hybridized carbons (Fsp3) is 0.423. The zero-order valence-corrected chi connectivity index (χ0v) is 45.2. The van der Waals surface area contributed by atoms with Gasteiger partial charge in [-0.2, -0.15) is 0 Å². The summed E-state index contributed by atoms with van der Waals surface area (Å²) in [5.41, 5.74) is 2.00. The number of fused-ring (bicyclic) bond motifs is 2. The van der Waals surface area contributed by atoms with Gasteiger partial charge in [0.05, 0.1) is 62.9 Å². The first kappa shape index (κ1) is 56.3. The largest absolute Gasteiger partial charge is 0.493 e. The molecular formula is C52H64Br2F2N10O7. The number of likely N-dealkylation sites (tertiary alicyclic amines) is 1. The van der Waals surface area contributed by atoms with E-state index in [1.54, 1.807) is 63.5 Å². The number of methoxy groups -OCH3 is 2. The normalized spacial score (nSPS) is 14.0. The van der Waals surface area contributed by atoms with Crippen LogP contribution in [0.15, 0.2) is 82.3 Å². The van der Waals surface area contributed by atoms with E-state index in [0.29, 0.717) is 103 Å². The van der Waals surface area contributed by atoms with Crippen LogP contribution in [0.3, 0.4) is 0 Å². The van der Waals surface area contributed by atoms with Crippen LogP contribution in [0.5, 0.6) is 23.0 Å². The Morgan fingerprint density at radius 1 is 0.671 bits per heavy atom. The van der Waals surface area contributed by atoms with Crippen molar-refractivity contribution in [2.24, 2.45) is 11.8 Å². The Kier molecular flexibility index (Phi) is 21.5. The smallest absolute Gasteiger partial charge is 0.317 e. The highest BCUT2D eigenvalue weighted by Gasteiger charge is 2.24. The van der Waals surface area contributed by atoms with Crippen molar-refractivity contribution < 1.29 is 42.4 Å². The van der Waals surface area contributed by atoms with Crippen molar-refractivity contribution >= 4 is 88.6 Å². The average molecular weight is 1140 g/mol. The van der Waals surface area contributed by atoms with E-state index in [1.165, 1.54) is 37.6 Å². The molecule has 0 saturated carbocycles. The van der Waals surface area contributed by atoms with Gasteiger partial charge >= 0.3 is 5.97 Å². The van der Waals surface area contributed by atoms with Gasteiger partial charge in [0, 0.05) is 44.9 Å². The number of rotatable bonds is 18. The number of carbonyl (C=O) groups excluding carboxylic acids is 1. The van der Waals surface area contributed by atoms with Gasteiger partial charge in [0.25, 0.3) is 0 Å². The quantitative estimate of drug-likeness (QED) is 0.0636. The number of hydrogen-bond acceptors (Lipinski definition) is 15. The lowest BCUT2D eigenvalue weighted by Crippen LogP contribution is -2.42. The van der Waals surface area contributed by atoms with Gasteiger partial charge in [0.1, 0.15) is 35.9 Å². The van der Waals surface area contributed by atoms with Crippen molar-refractivity contribution in [2.45, 2.75) is 38.5 Å². The third-order valence-electron chi connectivity index (χ3n) is 12.1. The molecule has 0 spiro atoms. The standard InChI is InChI=1S/C26H31BrFN5O3.C22H24BrFN4O2.C4H9NO2/c1-32(2)15-25(34)33-9-6-17(7-10-33)8-11-36-24-14-22-19(13-23(24)35-3)26(30-16-29-22)31-21-5-4-18(27)12-20(21)28;1-29-20-11-16-19(12-21(20)30-9-6-14-4-7-25-8-5-14)26-13-27-22(16)28-18-3-2-15(23)10-17(18)24;1-5(2)3-4(6)7/h4-5,12-14,16-17H,6-11,15H2,1-3H3,(H,29,30,31);2-3,10-14,25H,4-9H2,1H3,(H,26,27,28);3H2,1-2H3,(H,6,7). The van der Waals surface area contributed by atoms with Crippen molar-refractivity contribution in [3.05, 3.63) is 93.9 Å². The van der Waals surface area contributed by atoms with E-state index in [2.05, 4.69) is 67.7 Å². The molecule has 2 saturated heterocycles. The van der Waals surface area contributed by atoms with Crippen LogP contribution in [-0.4, -0.2) is 147 Å². The monoisotopic (exact) mass is 1140 g/mol. The van der Waals surface area contributed by atoms with E-state index in [0.717, 1.165) is 57.2 Å². The number of carbonyl (C=O) groups is 2. The highest BCUT2D eigenvalue weighted by atomic mass is 79.9. The minimum atomic E-state index is -0.787. The van der Waals surface area contributed by atoms with E-state index >= 15 is 0 Å². The maximum Gasteiger partial charge on any atom is 0.317 e. The Morgan fingerprint density at radius 2 is 1.12 bits per heavy atom. The number of ether oxygens (including phenoxy) is 4. The molecule has 0 aliphatic carbocycles. The maximum atomic E-state index is 14.3. The molecule has 2 aromatic heterocycles. The molecule has 0 atom stereocenters. The van der Waals surface area contributed by atoms with Gasteiger partial charge in [0.2, 0.25) is 5.91 Å². The lowest BCUT2D eigenvalue weighted by Gasteiger charge is -2.32. The maximum absolute atomic E-state index is 14.3. The zero-order chi connectivity index (χ0) is 52.4. The molecular weight excluding hydrogens is 1070 g/mol. The zero-order valence-electron chi connectivity index (χ0n) is 42.0. The van der Waals surface area contributed by atoms with Crippen LogP contribution in [0.25, 0.3) is 21.8 Å². The van der Waals surface area contributed by atoms with Gasteiger partial charge in [-0.3, -0.25) is 14.5 Å². The van der Waals surface area contributed by atoms with E-state index in [4.69, 9.17) is 24.1 Å². The summed E-state index contributed by atoms with van der Waals surface area (Å²) in [6.07, 6.45) is 9.13. The third-order valence-corrected chi connectivity index (χ3v) is 13.1. The van der Waals surface area contributed by atoms with Crippen LogP contribution in [0.1, 0.15) is 38.5 Å². The Balaban J connectivity index is 0.000000213. The number of hydrogen-bond donors (Lipinski definition) is 4. The minimum absolute atomic E-state index is 0.111. The van der Waals surface area contributed by atoms with Crippen molar-refractivity contribution in [1.29, 1.82) is 0 Å². The van der Waals surface area contributed by atoms with Gasteiger partial charge in [-0.05, 0) is 140 Å². The molecule has 4 aromatic carbocycles. The molecule has 2 aliphatic rings. The molecule has 2 aliphatic heterocycles. The predicted octanol–water partition coefficient (Wildman–Crippen LogP) is 9.54. The first-order chi connectivity index (χ1) is 35.1. The second kappa shape index (κ2) is 27.9. The van der Waals surface area contributed by atoms with Crippen molar-refractivity contribution in [3.63, 3.8) is 0 Å². The van der Waals surface area contributed by atoms with Gasteiger partial charge in [-0.25, -0.2) is 28.7 Å². The Labute approximate surface area is 441 Å². The Morgan fingerprint density at radius 3 is 1.52 bits per heavy atom. The van der Waals surface area contributed by atoms with Gasteiger partial charge < -0.3 is 49.8 Å². The number of piperidine rings is 2. The summed E-state index contributed by atoms with van der Waals surface area (Å²) >= 11 is 6.54. The number of carboxylic acids is 1. The minimum Gasteiger partial charge on any atom is -0.493 e. The topological polar surface area (TPSA) is 189 Å². The summed E-state index contributed by atoms with van der Waals surface area (Å²) in [4.78, 5) is 44.8. The molecule has 0 radical (unpaired) electrons. The summed E-state index contributed by atoms with van der Waals surface area (Å²) in [6.45, 7) is 5.48. The van der Waals surface area contributed by atoms with Gasteiger partial charge in [-0.1, -0.05) is 31.9 Å². The second-order valence-electron chi connectivity index (χ2n) is 18.1. The molecule has 6 aromatic rings. The number of amides is 1. The average Bonchev–Trinajstić information content (AvgIpc) is 3.35. The molecule has 4 N–H and O–H groups in total. The molecule has 8 rings (SSSR count). The van der Waals surface area contributed by atoms with Gasteiger partial charge in [0.15, 0.2) is 23.0 Å². The predicted molar refractivity (Wildman–Crippen MR) is 287 cm³/mol. The molecule has 2 fully saturated rings. The number of aliphatic carboxylic acids is 1. The number of halogens is 4. The van der Waals surface area contributed by atoms with Crippen LogP contribution in [0.4, 0.5) is 31.8 Å². The van der Waals surface area contributed by atoms with Crippen LogP contribution in [0.2, 0.25) is 0 Å². The summed E-state index contributed by atoms with van der Waals surface area (Å²) in [7, 11) is 10.4. The summed E-state index contributed by atoms with van der Waals surface area (Å²) < 4.78 is 53.2. The highest BCUT2D eigenvalue weighted by molar-refractivity contribution is 9.10. The molecule has 392 valence electrons. The molecule has 17 nitrogen and oxygen atoms in total. The first-order valence-electron chi connectivity index (χ1n) is 24.0. The van der Waals surface area contributed by atoms with Gasteiger partial charge in [-0.15, -0.1) is 0 Å². The van der Waals surface area contributed by atoms with Crippen molar-refractivity contribution in [1.82, 2.24) is 40.0 Å². The van der Waals surface area contributed by atoms with Crippen LogP contribution >= 0.6 is 31.9 Å². The van der Waals surface area contributed by atoms with Crippen LogP contribution in [-0.2, 0) is 9.59 Å². The number of nitrogens with one attached hydrogen (secondary N) is 3. The summed E-state index contributed by atoms with van der Waals surface area (Å²) in [5, 5.41) is 18.9. The van der Waals surface area contributed by atoms with E-state index in [9.17, 15) is 18.4 Å². The lowest BCUT2D eigenvalue weighted by molar-refractivity contribution is -0.137. The highest BCUT2D eigenvalue weighted by Crippen LogP contribution is 2.37. The molecule has 4 heterocycles. The summed E-state index contributed by atoms with van der Waals surface area (Å²) in [5.74, 6) is 3.22. The number of anilines is 4.